The molecule has 0 bridgehead atoms. The number of aromatic nitrogens is 2. The van der Waals surface area contributed by atoms with E-state index in [4.69, 9.17) is 9.68 Å². The summed E-state index contributed by atoms with van der Waals surface area (Å²) in [5.74, 6) is 0.0942. The van der Waals surface area contributed by atoms with Crippen LogP contribution in [-0.4, -0.2) is 15.5 Å². The van der Waals surface area contributed by atoms with Gasteiger partial charge in [0.15, 0.2) is 11.5 Å². The van der Waals surface area contributed by atoms with Gasteiger partial charge in [0, 0.05) is 24.8 Å². The molecule has 0 spiro atoms. The van der Waals surface area contributed by atoms with Crippen LogP contribution in [0.4, 0.5) is 5.69 Å². The minimum absolute atomic E-state index is 0.0531. The average Bonchev–Trinajstić information content (AvgIpc) is 3.20. The number of carbonyl (C=O) groups is 1. The molecule has 0 radical (unpaired) electrons. The van der Waals surface area contributed by atoms with Gasteiger partial charge in [-0.05, 0) is 42.8 Å². The Morgan fingerprint density at radius 2 is 2.15 bits per heavy atom. The number of carbonyl (C=O) groups excluding carboxylic acids is 1. The van der Waals surface area contributed by atoms with Gasteiger partial charge in [0.25, 0.3) is 5.91 Å². The molecule has 7 nitrogen and oxygen atoms in total. The zero-order chi connectivity index (χ0) is 19.6. The number of aryl methyl sites for hydroxylation is 1. The molecule has 7 heteroatoms. The fourth-order valence-corrected chi connectivity index (χ4v) is 2.68. The number of oxazole rings is 1. The third-order valence-corrected chi connectivity index (χ3v) is 4.35. The molecular formula is C20H17N5O2. The largest absolute Gasteiger partial charge is 0.441 e. The summed E-state index contributed by atoms with van der Waals surface area (Å²) in [4.78, 5) is 16.8. The molecule has 1 amide bonds. The highest BCUT2D eigenvalue weighted by atomic mass is 16.3. The minimum Gasteiger partial charge on any atom is -0.441 e. The molecule has 134 valence electrons. The number of benzene rings is 1. The second kappa shape index (κ2) is 7.19. The Hall–Kier alpha value is -3.84. The van der Waals surface area contributed by atoms with Crippen LogP contribution >= 0.6 is 0 Å². The van der Waals surface area contributed by atoms with Crippen LogP contribution < -0.4 is 5.32 Å². The highest BCUT2D eigenvalue weighted by molar-refractivity contribution is 6.10. The Bertz CT molecular complexity index is 1150. The van der Waals surface area contributed by atoms with Crippen molar-refractivity contribution in [3.63, 3.8) is 0 Å². The van der Waals surface area contributed by atoms with Gasteiger partial charge in [-0.1, -0.05) is 6.92 Å². The summed E-state index contributed by atoms with van der Waals surface area (Å²) in [5.41, 5.74) is 3.66. The maximum atomic E-state index is 12.5. The van der Waals surface area contributed by atoms with E-state index in [1.165, 1.54) is 6.08 Å². The SMILES string of the molecule is CCc1nc2cc(NC(=O)/C(C#N)=C\c3cc(C#N)n(C)c3C)ccc2o1. The van der Waals surface area contributed by atoms with Gasteiger partial charge in [-0.2, -0.15) is 10.5 Å². The van der Waals surface area contributed by atoms with Gasteiger partial charge in [-0.25, -0.2) is 4.98 Å². The lowest BCUT2D eigenvalue weighted by molar-refractivity contribution is -0.112. The normalized spacial score (nSPS) is 11.2. The molecule has 27 heavy (non-hydrogen) atoms. The average molecular weight is 359 g/mol. The lowest BCUT2D eigenvalue weighted by Crippen LogP contribution is -2.13. The third kappa shape index (κ3) is 3.44. The van der Waals surface area contributed by atoms with Crippen LogP contribution in [0.1, 0.15) is 29.8 Å². The maximum absolute atomic E-state index is 12.5. The van der Waals surface area contributed by atoms with Crippen molar-refractivity contribution in [1.29, 1.82) is 10.5 Å². The van der Waals surface area contributed by atoms with E-state index >= 15 is 0 Å². The molecule has 0 aliphatic rings. The summed E-state index contributed by atoms with van der Waals surface area (Å²) < 4.78 is 7.26. The summed E-state index contributed by atoms with van der Waals surface area (Å²) in [6.07, 6.45) is 2.16. The quantitative estimate of drug-likeness (QED) is 0.567. The predicted octanol–water partition coefficient (Wildman–Crippen LogP) is 3.45. The van der Waals surface area contributed by atoms with Crippen LogP contribution in [-0.2, 0) is 18.3 Å². The molecule has 0 saturated heterocycles. The number of hydrogen-bond donors (Lipinski definition) is 1. The second-order valence-electron chi connectivity index (χ2n) is 6.01. The molecular weight excluding hydrogens is 342 g/mol. The van der Waals surface area contributed by atoms with E-state index in [1.807, 2.05) is 19.9 Å². The first-order valence-electron chi connectivity index (χ1n) is 8.35. The lowest BCUT2D eigenvalue weighted by Gasteiger charge is -2.04. The molecule has 2 heterocycles. The molecule has 3 rings (SSSR count). The van der Waals surface area contributed by atoms with Gasteiger partial charge in [0.2, 0.25) is 0 Å². The van der Waals surface area contributed by atoms with Crippen LogP contribution in [0.25, 0.3) is 17.2 Å². The number of nitrogens with one attached hydrogen (secondary N) is 1. The standard InChI is InChI=1S/C20H17N5O2/c1-4-19-24-17-9-15(5-6-18(17)27-19)23-20(26)14(10-21)7-13-8-16(11-22)25(3)12(13)2/h5-9H,4H2,1-3H3,(H,23,26)/b14-7-. The van der Waals surface area contributed by atoms with Gasteiger partial charge < -0.3 is 14.3 Å². The number of fused-ring (bicyclic) bond motifs is 1. The Balaban J connectivity index is 1.87. The fourth-order valence-electron chi connectivity index (χ4n) is 2.68. The predicted molar refractivity (Wildman–Crippen MR) is 100 cm³/mol. The van der Waals surface area contributed by atoms with E-state index in [0.29, 0.717) is 40.4 Å². The van der Waals surface area contributed by atoms with E-state index in [9.17, 15) is 10.1 Å². The van der Waals surface area contributed by atoms with Gasteiger partial charge in [-0.3, -0.25) is 4.79 Å². The Morgan fingerprint density at radius 1 is 1.37 bits per heavy atom. The molecule has 1 aromatic carbocycles. The Morgan fingerprint density at radius 3 is 2.78 bits per heavy atom. The topological polar surface area (TPSA) is 108 Å². The summed E-state index contributed by atoms with van der Waals surface area (Å²) in [5, 5.41) is 21.2. The van der Waals surface area contributed by atoms with Gasteiger partial charge in [0.1, 0.15) is 28.9 Å². The highest BCUT2D eigenvalue weighted by Gasteiger charge is 2.14. The molecule has 0 aliphatic heterocycles. The molecule has 0 fully saturated rings. The minimum atomic E-state index is -0.530. The van der Waals surface area contributed by atoms with Crippen molar-refractivity contribution in [3.8, 4) is 12.1 Å². The molecule has 3 aromatic rings. The molecule has 2 aromatic heterocycles. The van der Waals surface area contributed by atoms with Crippen molar-refractivity contribution in [3.05, 3.63) is 52.7 Å². The highest BCUT2D eigenvalue weighted by Crippen LogP contribution is 2.21. The summed E-state index contributed by atoms with van der Waals surface area (Å²) in [6.45, 7) is 3.77. The molecule has 0 atom stereocenters. The van der Waals surface area contributed by atoms with Crippen molar-refractivity contribution >= 4 is 28.8 Å². The third-order valence-electron chi connectivity index (χ3n) is 4.35. The monoisotopic (exact) mass is 359 g/mol. The first-order chi connectivity index (χ1) is 13.0. The van der Waals surface area contributed by atoms with Crippen molar-refractivity contribution in [1.82, 2.24) is 9.55 Å². The first-order valence-corrected chi connectivity index (χ1v) is 8.35. The fraction of sp³-hybridized carbons (Fsp3) is 0.200. The lowest BCUT2D eigenvalue weighted by atomic mass is 10.1. The molecule has 0 saturated carbocycles. The number of rotatable bonds is 4. The van der Waals surface area contributed by atoms with Crippen LogP contribution in [0.3, 0.4) is 0 Å². The second-order valence-corrected chi connectivity index (χ2v) is 6.01. The van der Waals surface area contributed by atoms with Gasteiger partial charge in [0.05, 0.1) is 0 Å². The van der Waals surface area contributed by atoms with Crippen LogP contribution in [0.15, 0.2) is 34.3 Å². The number of hydrogen-bond acceptors (Lipinski definition) is 5. The van der Waals surface area contributed by atoms with Crippen molar-refractivity contribution in [2.24, 2.45) is 7.05 Å². The van der Waals surface area contributed by atoms with E-state index in [1.54, 1.807) is 35.9 Å². The van der Waals surface area contributed by atoms with E-state index in [0.717, 1.165) is 5.69 Å². The summed E-state index contributed by atoms with van der Waals surface area (Å²) in [6, 6.07) is 10.8. The molecule has 0 unspecified atom stereocenters. The van der Waals surface area contributed by atoms with Crippen LogP contribution in [0, 0.1) is 29.6 Å². The van der Waals surface area contributed by atoms with E-state index in [-0.39, 0.29) is 5.57 Å². The maximum Gasteiger partial charge on any atom is 0.266 e. The van der Waals surface area contributed by atoms with E-state index < -0.39 is 5.91 Å². The molecule has 0 aliphatic carbocycles. The van der Waals surface area contributed by atoms with Gasteiger partial charge in [-0.15, -0.1) is 0 Å². The van der Waals surface area contributed by atoms with Crippen LogP contribution in [0.5, 0.6) is 0 Å². The Kier molecular flexibility index (Phi) is 4.78. The zero-order valence-electron chi connectivity index (χ0n) is 15.2. The number of nitriles is 2. The van der Waals surface area contributed by atoms with E-state index in [2.05, 4.69) is 16.4 Å². The van der Waals surface area contributed by atoms with Crippen molar-refractivity contribution in [2.75, 3.05) is 5.32 Å². The number of nitrogens with zero attached hydrogens (tertiary/aromatic N) is 4. The zero-order valence-corrected chi connectivity index (χ0v) is 15.2. The van der Waals surface area contributed by atoms with Crippen LogP contribution in [0.2, 0.25) is 0 Å². The van der Waals surface area contributed by atoms with Gasteiger partial charge >= 0.3 is 0 Å². The molecule has 1 N–H and O–H groups in total. The van der Waals surface area contributed by atoms with Crippen molar-refractivity contribution in [2.45, 2.75) is 20.3 Å². The summed E-state index contributed by atoms with van der Waals surface area (Å²) in [7, 11) is 1.76. The van der Waals surface area contributed by atoms with Crippen molar-refractivity contribution < 1.29 is 9.21 Å². The number of amides is 1. The number of anilines is 1. The Labute approximate surface area is 156 Å². The first kappa shape index (κ1) is 18.0. The smallest absolute Gasteiger partial charge is 0.266 e. The summed E-state index contributed by atoms with van der Waals surface area (Å²) >= 11 is 0.